The van der Waals surface area contributed by atoms with Crippen LogP contribution in [-0.2, 0) is 13.8 Å². The number of aliphatic hydroxyl groups is 5. The molecule has 1 fully saturated rings. The molecule has 0 bridgehead atoms. The Morgan fingerprint density at radius 1 is 1.24 bits per heavy atom. The minimum atomic E-state index is -4.81. The number of aliphatic hydroxyl groups excluding tert-OH is 3. The Kier molecular flexibility index (Phi) is 4.27. The molecule has 1 saturated heterocycles. The highest BCUT2D eigenvalue weighted by Gasteiger charge is 2.53. The van der Waals surface area contributed by atoms with Gasteiger partial charge in [-0.3, -0.25) is 4.52 Å². The summed E-state index contributed by atoms with van der Waals surface area (Å²) < 4.78 is 18.8. The smallest absolute Gasteiger partial charge is 0.387 e. The fourth-order valence-electron chi connectivity index (χ4n) is 1.26. The third-order valence-electron chi connectivity index (χ3n) is 2.21. The van der Waals surface area contributed by atoms with Crippen LogP contribution in [0.4, 0.5) is 0 Å². The van der Waals surface area contributed by atoms with Crippen molar-refractivity contribution in [3.63, 3.8) is 0 Å². The van der Waals surface area contributed by atoms with E-state index in [1.807, 2.05) is 0 Å². The van der Waals surface area contributed by atoms with Crippen molar-refractivity contribution in [2.45, 2.75) is 30.4 Å². The molecule has 0 spiro atoms. The Morgan fingerprint density at radius 2 is 1.76 bits per heavy atom. The van der Waals surface area contributed by atoms with Crippen LogP contribution < -0.4 is 0 Å². The molecule has 102 valence electrons. The van der Waals surface area contributed by atoms with Crippen LogP contribution in [0.25, 0.3) is 0 Å². The zero-order valence-electron chi connectivity index (χ0n) is 8.32. The van der Waals surface area contributed by atoms with Crippen LogP contribution in [0.1, 0.15) is 0 Å². The molecule has 7 N–H and O–H groups in total. The predicted octanol–water partition coefficient (Wildman–Crippen LogP) is -3.78. The van der Waals surface area contributed by atoms with E-state index in [-0.39, 0.29) is 0 Å². The van der Waals surface area contributed by atoms with Gasteiger partial charge in [-0.15, -0.1) is 0 Å². The van der Waals surface area contributed by atoms with E-state index >= 15 is 0 Å². The molecule has 0 unspecified atom stereocenters. The van der Waals surface area contributed by atoms with Gasteiger partial charge >= 0.3 is 7.82 Å². The van der Waals surface area contributed by atoms with Gasteiger partial charge < -0.3 is 40.1 Å². The van der Waals surface area contributed by atoms with Gasteiger partial charge in [-0.2, -0.15) is 0 Å². The maximum Gasteiger partial charge on any atom is 0.469 e. The molecule has 1 heterocycles. The number of hydrogen-bond donors (Lipinski definition) is 7. The van der Waals surface area contributed by atoms with Crippen LogP contribution in [0.3, 0.4) is 0 Å². The monoisotopic (exact) mass is 276 g/mol. The normalized spacial score (nSPS) is 38.1. The van der Waals surface area contributed by atoms with Crippen molar-refractivity contribution >= 4 is 7.82 Å². The number of rotatable bonds is 3. The molecule has 0 amide bonds. The van der Waals surface area contributed by atoms with Crippen LogP contribution in [0.15, 0.2) is 0 Å². The first kappa shape index (κ1) is 14.9. The van der Waals surface area contributed by atoms with E-state index in [0.29, 0.717) is 0 Å². The molecule has 0 aliphatic carbocycles. The third kappa shape index (κ3) is 3.42. The molecule has 0 aromatic rings. The second kappa shape index (κ2) is 4.86. The largest absolute Gasteiger partial charge is 0.469 e. The zero-order chi connectivity index (χ0) is 13.4. The van der Waals surface area contributed by atoms with Crippen molar-refractivity contribution in [1.82, 2.24) is 0 Å². The van der Waals surface area contributed by atoms with Gasteiger partial charge in [0.15, 0.2) is 0 Å². The van der Waals surface area contributed by atoms with Gasteiger partial charge in [-0.25, -0.2) is 4.57 Å². The molecule has 0 aromatic heterocycles. The molecule has 0 radical (unpaired) electrons. The standard InChI is InChI=1S/C6H13O10P/c7-3-2(1-15-17(12,13)14)16-5(9)6(10,11)4(3)8/h2-5,7-11H,1H2,(H2,12,13,14)/t2-,3-,4+,5+/m1/s1. The average molecular weight is 276 g/mol. The summed E-state index contributed by atoms with van der Waals surface area (Å²) in [5, 5.41) is 45.9. The van der Waals surface area contributed by atoms with Crippen LogP contribution in [0.2, 0.25) is 0 Å². The van der Waals surface area contributed by atoms with Gasteiger partial charge in [0, 0.05) is 0 Å². The first-order chi connectivity index (χ1) is 7.55. The lowest BCUT2D eigenvalue weighted by Gasteiger charge is -2.42. The Morgan fingerprint density at radius 3 is 2.24 bits per heavy atom. The summed E-state index contributed by atoms with van der Waals surface area (Å²) >= 11 is 0. The van der Waals surface area contributed by atoms with Crippen LogP contribution in [0, 0.1) is 0 Å². The van der Waals surface area contributed by atoms with Gasteiger partial charge in [0.25, 0.3) is 0 Å². The summed E-state index contributed by atoms with van der Waals surface area (Å²) in [6, 6.07) is 0. The number of phosphoric acid groups is 1. The van der Waals surface area contributed by atoms with E-state index in [1.54, 1.807) is 0 Å². The molecule has 1 aliphatic rings. The molecule has 0 aromatic carbocycles. The Balaban J connectivity index is 2.68. The van der Waals surface area contributed by atoms with Crippen molar-refractivity contribution in [3.05, 3.63) is 0 Å². The van der Waals surface area contributed by atoms with Crippen LogP contribution in [-0.4, -0.2) is 72.3 Å². The lowest BCUT2D eigenvalue weighted by atomic mass is 9.96. The number of phosphoric ester groups is 1. The zero-order valence-corrected chi connectivity index (χ0v) is 9.21. The second-order valence-corrected chi connectivity index (χ2v) is 4.77. The fourth-order valence-corrected chi connectivity index (χ4v) is 1.60. The van der Waals surface area contributed by atoms with Gasteiger partial charge in [-0.05, 0) is 0 Å². The highest BCUT2D eigenvalue weighted by molar-refractivity contribution is 7.46. The molecular weight excluding hydrogens is 263 g/mol. The molecule has 1 rings (SSSR count). The minimum Gasteiger partial charge on any atom is -0.387 e. The van der Waals surface area contributed by atoms with E-state index in [4.69, 9.17) is 25.1 Å². The molecule has 1 aliphatic heterocycles. The van der Waals surface area contributed by atoms with Crippen molar-refractivity contribution in [1.29, 1.82) is 0 Å². The van der Waals surface area contributed by atoms with Crippen LogP contribution >= 0.6 is 7.82 Å². The molecule has 0 saturated carbocycles. The van der Waals surface area contributed by atoms with Crippen molar-refractivity contribution in [2.24, 2.45) is 0 Å². The fraction of sp³-hybridized carbons (Fsp3) is 1.00. The van der Waals surface area contributed by atoms with Crippen molar-refractivity contribution < 1.29 is 49.1 Å². The van der Waals surface area contributed by atoms with Crippen LogP contribution in [0.5, 0.6) is 0 Å². The quantitative estimate of drug-likeness (QED) is 0.200. The van der Waals surface area contributed by atoms with Gasteiger partial charge in [0.2, 0.25) is 12.1 Å². The van der Waals surface area contributed by atoms with Crippen molar-refractivity contribution in [3.8, 4) is 0 Å². The molecular formula is C6H13O10P. The Bertz CT molecular complexity index is 312. The number of hydrogen-bond acceptors (Lipinski definition) is 8. The first-order valence-corrected chi connectivity index (χ1v) is 5.93. The predicted molar refractivity (Wildman–Crippen MR) is 48.1 cm³/mol. The van der Waals surface area contributed by atoms with E-state index < -0.39 is 44.8 Å². The summed E-state index contributed by atoms with van der Waals surface area (Å²) in [5.41, 5.74) is 0. The van der Waals surface area contributed by atoms with Crippen molar-refractivity contribution in [2.75, 3.05) is 6.61 Å². The molecule has 11 heteroatoms. The first-order valence-electron chi connectivity index (χ1n) is 4.40. The highest BCUT2D eigenvalue weighted by Crippen LogP contribution is 2.37. The summed E-state index contributed by atoms with van der Waals surface area (Å²) in [6.07, 6.45) is -7.87. The SMILES string of the molecule is O=P(O)(O)OC[C@H]1O[C@H](O)C(O)(O)[C@@H](O)[C@@H]1O. The summed E-state index contributed by atoms with van der Waals surface area (Å²) in [6.45, 7) is -0.852. The minimum absolute atomic E-state index is 0.852. The second-order valence-electron chi connectivity index (χ2n) is 3.53. The summed E-state index contributed by atoms with van der Waals surface area (Å²) in [7, 11) is -4.81. The highest BCUT2D eigenvalue weighted by atomic mass is 31.2. The molecule has 4 atom stereocenters. The van der Waals surface area contributed by atoms with E-state index in [1.165, 1.54) is 0 Å². The maximum absolute atomic E-state index is 10.4. The van der Waals surface area contributed by atoms with E-state index in [2.05, 4.69) is 9.26 Å². The molecule has 10 nitrogen and oxygen atoms in total. The Hall–Kier alpha value is -0.130. The third-order valence-corrected chi connectivity index (χ3v) is 2.70. The maximum atomic E-state index is 10.4. The van der Waals surface area contributed by atoms with Gasteiger partial charge in [-0.1, -0.05) is 0 Å². The van der Waals surface area contributed by atoms with E-state index in [0.717, 1.165) is 0 Å². The van der Waals surface area contributed by atoms with Gasteiger partial charge in [0.05, 0.1) is 6.61 Å². The number of ether oxygens (including phenoxy) is 1. The van der Waals surface area contributed by atoms with E-state index in [9.17, 15) is 14.8 Å². The topological polar surface area (TPSA) is 177 Å². The molecule has 17 heavy (non-hydrogen) atoms. The Labute approximate surface area is 94.9 Å². The van der Waals surface area contributed by atoms with Gasteiger partial charge in [0.1, 0.15) is 18.3 Å². The summed E-state index contributed by atoms with van der Waals surface area (Å²) in [4.78, 5) is 16.8. The average Bonchev–Trinajstić information content (AvgIpc) is 2.18. The lowest BCUT2D eigenvalue weighted by molar-refractivity contribution is -0.395. The summed E-state index contributed by atoms with van der Waals surface area (Å²) in [5.74, 6) is -3.09. The lowest BCUT2D eigenvalue weighted by Crippen LogP contribution is -2.66.